The molecule has 86 valence electrons. The van der Waals surface area contributed by atoms with Gasteiger partial charge in [-0.15, -0.1) is 0 Å². The van der Waals surface area contributed by atoms with Crippen LogP contribution in [0.15, 0.2) is 4.42 Å². The van der Waals surface area contributed by atoms with Gasteiger partial charge in [0.15, 0.2) is 0 Å². The number of fused-ring (bicyclic) bond motifs is 1. The Morgan fingerprint density at radius 2 is 1.31 bits per heavy atom. The van der Waals surface area contributed by atoms with Crippen LogP contribution in [-0.2, 0) is 6.61 Å². The molecular weight excluding hydrogens is 317 g/mol. The van der Waals surface area contributed by atoms with Gasteiger partial charge in [-0.2, -0.15) is 0 Å². The fraction of sp³-hybridized carbons (Fsp3) is 0.111. The molecule has 0 saturated carbocycles. The summed E-state index contributed by atoms with van der Waals surface area (Å²) in [6.07, 6.45) is 0. The molecule has 0 atom stereocenters. The normalized spacial score (nSPS) is 11.4. The summed E-state index contributed by atoms with van der Waals surface area (Å²) in [5, 5.41) is 10.4. The highest BCUT2D eigenvalue weighted by Gasteiger charge is 2.23. The van der Waals surface area contributed by atoms with E-state index in [0.717, 1.165) is 0 Å². The van der Waals surface area contributed by atoms with Crippen molar-refractivity contribution in [3.05, 3.63) is 31.1 Å². The summed E-state index contributed by atoms with van der Waals surface area (Å²) in [6, 6.07) is 0. The zero-order chi connectivity index (χ0) is 12.0. The van der Waals surface area contributed by atoms with E-state index >= 15 is 0 Å². The highest BCUT2D eigenvalue weighted by atomic mass is 35.5. The van der Waals surface area contributed by atoms with Crippen LogP contribution in [0.1, 0.15) is 5.76 Å². The van der Waals surface area contributed by atoms with Gasteiger partial charge in [-0.05, 0) is 11.6 Å². The molecule has 7 heteroatoms. The molecule has 1 aromatic carbocycles. The molecule has 0 bridgehead atoms. The molecule has 16 heavy (non-hydrogen) atoms. The number of benzene rings is 1. The van der Waals surface area contributed by atoms with Crippen LogP contribution in [-0.4, -0.2) is 5.11 Å². The number of rotatable bonds is 1. The smallest absolute Gasteiger partial charge is 0.203 e. The van der Waals surface area contributed by atoms with Gasteiger partial charge >= 0.3 is 0 Å². The van der Waals surface area contributed by atoms with Gasteiger partial charge in [0.05, 0.1) is 25.5 Å². The number of hydrogen-bond acceptors (Lipinski definition) is 2. The Labute approximate surface area is 116 Å². The molecular formula is C9H3Cl5O2. The molecule has 0 amide bonds. The van der Waals surface area contributed by atoms with E-state index in [1.807, 2.05) is 0 Å². The van der Waals surface area contributed by atoms with Gasteiger partial charge in [0.2, 0.25) is 5.22 Å². The van der Waals surface area contributed by atoms with Crippen molar-refractivity contribution in [2.45, 2.75) is 6.61 Å². The third-order valence-electron chi connectivity index (χ3n) is 2.10. The van der Waals surface area contributed by atoms with Gasteiger partial charge in [-0.3, -0.25) is 0 Å². The molecule has 0 aliphatic heterocycles. The predicted octanol–water partition coefficient (Wildman–Crippen LogP) is 5.19. The summed E-state index contributed by atoms with van der Waals surface area (Å²) < 4.78 is 5.12. The first-order valence-corrected chi connectivity index (χ1v) is 5.91. The first kappa shape index (κ1) is 12.6. The van der Waals surface area contributed by atoms with E-state index in [1.165, 1.54) is 0 Å². The summed E-state index contributed by atoms with van der Waals surface area (Å²) in [6.45, 7) is -0.364. The van der Waals surface area contributed by atoms with Crippen molar-refractivity contribution in [3.8, 4) is 0 Å². The van der Waals surface area contributed by atoms with Crippen LogP contribution >= 0.6 is 58.0 Å². The molecule has 0 spiro atoms. The Morgan fingerprint density at radius 1 is 0.812 bits per heavy atom. The second-order valence-electron chi connectivity index (χ2n) is 2.96. The Morgan fingerprint density at radius 3 is 1.81 bits per heavy atom. The number of aliphatic hydroxyl groups is 1. The van der Waals surface area contributed by atoms with Crippen molar-refractivity contribution in [3.63, 3.8) is 0 Å². The summed E-state index contributed by atoms with van der Waals surface area (Å²) in [5.41, 5.74) is 0. The molecule has 1 aromatic heterocycles. The van der Waals surface area contributed by atoms with E-state index in [2.05, 4.69) is 0 Å². The van der Waals surface area contributed by atoms with Gasteiger partial charge in [0, 0.05) is 5.39 Å². The minimum atomic E-state index is -0.364. The summed E-state index contributed by atoms with van der Waals surface area (Å²) >= 11 is 29.6. The third kappa shape index (κ3) is 1.69. The van der Waals surface area contributed by atoms with Crippen LogP contribution in [0, 0.1) is 0 Å². The van der Waals surface area contributed by atoms with Crippen molar-refractivity contribution in [2.75, 3.05) is 0 Å². The molecule has 1 N–H and O–H groups in total. The highest BCUT2D eigenvalue weighted by Crippen LogP contribution is 2.47. The van der Waals surface area contributed by atoms with Crippen molar-refractivity contribution in [1.82, 2.24) is 0 Å². The van der Waals surface area contributed by atoms with Crippen LogP contribution in [0.25, 0.3) is 10.8 Å². The van der Waals surface area contributed by atoms with Crippen molar-refractivity contribution >= 4 is 68.8 Å². The third-order valence-corrected chi connectivity index (χ3v) is 4.17. The first-order valence-electron chi connectivity index (χ1n) is 4.02. The van der Waals surface area contributed by atoms with Crippen LogP contribution in [0.2, 0.25) is 25.3 Å². The standard InChI is InChI=1S/C9H3Cl5O2/c10-5-3-2(1-15)16-9(14)4(3)6(11)8(13)7(5)12/h15H,1H2. The van der Waals surface area contributed by atoms with Crippen molar-refractivity contribution in [1.29, 1.82) is 0 Å². The number of hydrogen-bond donors (Lipinski definition) is 1. The fourth-order valence-electron chi connectivity index (χ4n) is 1.40. The highest BCUT2D eigenvalue weighted by molar-refractivity contribution is 6.56. The molecule has 0 aliphatic carbocycles. The van der Waals surface area contributed by atoms with E-state index in [-0.39, 0.29) is 37.7 Å². The Hall–Kier alpha value is 0.170. The molecule has 2 nitrogen and oxygen atoms in total. The SMILES string of the molecule is OCc1oc(Cl)c2c(Cl)c(Cl)c(Cl)c(Cl)c12. The van der Waals surface area contributed by atoms with Crippen LogP contribution < -0.4 is 0 Å². The topological polar surface area (TPSA) is 33.4 Å². The quantitative estimate of drug-likeness (QED) is 0.579. The van der Waals surface area contributed by atoms with Crippen LogP contribution in [0.5, 0.6) is 0 Å². The predicted molar refractivity (Wildman–Crippen MR) is 67.2 cm³/mol. The van der Waals surface area contributed by atoms with E-state index in [0.29, 0.717) is 10.8 Å². The Kier molecular flexibility index (Phi) is 3.51. The van der Waals surface area contributed by atoms with E-state index < -0.39 is 0 Å². The zero-order valence-electron chi connectivity index (χ0n) is 7.45. The Bertz CT molecular complexity index is 575. The second-order valence-corrected chi connectivity index (χ2v) is 4.82. The van der Waals surface area contributed by atoms with Gasteiger partial charge in [0.25, 0.3) is 0 Å². The molecule has 2 aromatic rings. The number of aliphatic hydroxyl groups excluding tert-OH is 1. The van der Waals surface area contributed by atoms with E-state index in [1.54, 1.807) is 0 Å². The molecule has 1 heterocycles. The Balaban J connectivity index is 3.04. The molecule has 0 saturated heterocycles. The number of furan rings is 1. The van der Waals surface area contributed by atoms with Gasteiger partial charge in [-0.1, -0.05) is 46.4 Å². The average molecular weight is 320 g/mol. The average Bonchev–Trinajstić information content (AvgIpc) is 2.60. The lowest BCUT2D eigenvalue weighted by atomic mass is 10.2. The maximum absolute atomic E-state index is 9.09. The summed E-state index contributed by atoms with van der Waals surface area (Å²) in [7, 11) is 0. The van der Waals surface area contributed by atoms with Gasteiger partial charge in [-0.25, -0.2) is 0 Å². The summed E-state index contributed by atoms with van der Waals surface area (Å²) in [4.78, 5) is 0. The molecule has 0 fully saturated rings. The molecule has 0 unspecified atom stereocenters. The minimum absolute atomic E-state index is 0.0181. The largest absolute Gasteiger partial charge is 0.446 e. The summed E-state index contributed by atoms with van der Waals surface area (Å²) in [5.74, 6) is 0.200. The van der Waals surface area contributed by atoms with Crippen LogP contribution in [0.4, 0.5) is 0 Å². The molecule has 2 rings (SSSR count). The lowest BCUT2D eigenvalue weighted by Crippen LogP contribution is -1.83. The fourth-order valence-corrected chi connectivity index (χ4v) is 2.77. The first-order chi connectivity index (χ1) is 7.49. The number of halogens is 5. The van der Waals surface area contributed by atoms with Crippen molar-refractivity contribution in [2.24, 2.45) is 0 Å². The van der Waals surface area contributed by atoms with Gasteiger partial charge < -0.3 is 9.52 Å². The maximum Gasteiger partial charge on any atom is 0.203 e. The lowest BCUT2D eigenvalue weighted by Gasteiger charge is -2.04. The van der Waals surface area contributed by atoms with Crippen molar-refractivity contribution < 1.29 is 9.52 Å². The second kappa shape index (κ2) is 4.45. The maximum atomic E-state index is 9.09. The monoisotopic (exact) mass is 318 g/mol. The van der Waals surface area contributed by atoms with E-state index in [9.17, 15) is 0 Å². The van der Waals surface area contributed by atoms with Gasteiger partial charge in [0.1, 0.15) is 12.4 Å². The zero-order valence-corrected chi connectivity index (χ0v) is 11.2. The van der Waals surface area contributed by atoms with Crippen LogP contribution in [0.3, 0.4) is 0 Å². The minimum Gasteiger partial charge on any atom is -0.446 e. The molecule has 0 radical (unpaired) electrons. The van der Waals surface area contributed by atoms with E-state index in [4.69, 9.17) is 67.5 Å². The lowest BCUT2D eigenvalue weighted by molar-refractivity contribution is 0.249. The molecule has 0 aliphatic rings.